The number of aryl methyl sites for hydroxylation is 2. The summed E-state index contributed by atoms with van der Waals surface area (Å²) in [6.45, 7) is 5.67. The number of pyridine rings is 1. The number of ether oxygens (including phenoxy) is 1. The van der Waals surface area contributed by atoms with Crippen LogP contribution < -0.4 is 0 Å². The van der Waals surface area contributed by atoms with Crippen molar-refractivity contribution in [3.8, 4) is 0 Å². The third-order valence-electron chi connectivity index (χ3n) is 4.67. The van der Waals surface area contributed by atoms with Crippen LogP contribution in [0.2, 0.25) is 0 Å². The number of hydrogen-bond donors (Lipinski definition) is 1. The molecule has 0 spiro atoms. The van der Waals surface area contributed by atoms with Crippen molar-refractivity contribution >= 4 is 16.9 Å². The number of amides is 1. The van der Waals surface area contributed by atoms with E-state index < -0.39 is 0 Å². The van der Waals surface area contributed by atoms with E-state index in [9.17, 15) is 4.79 Å². The van der Waals surface area contributed by atoms with Gasteiger partial charge in [-0.25, -0.2) is 4.98 Å². The van der Waals surface area contributed by atoms with Gasteiger partial charge in [-0.05, 0) is 37.6 Å². The molecule has 3 aromatic rings. The number of benzene rings is 1. The molecule has 0 radical (unpaired) electrons. The average Bonchev–Trinajstić information content (AvgIpc) is 3.04. The van der Waals surface area contributed by atoms with E-state index in [-0.39, 0.29) is 11.9 Å². The van der Waals surface area contributed by atoms with Crippen LogP contribution in [0.1, 0.15) is 33.4 Å². The number of aromatic nitrogens is 2. The van der Waals surface area contributed by atoms with Crippen LogP contribution >= 0.6 is 0 Å². The summed E-state index contributed by atoms with van der Waals surface area (Å²) in [6, 6.07) is 14.0. The maximum absolute atomic E-state index is 13.1. The molecule has 0 bridgehead atoms. The Labute approximate surface area is 146 Å². The first kappa shape index (κ1) is 15.8. The molecule has 4 rings (SSSR count). The van der Waals surface area contributed by atoms with Crippen molar-refractivity contribution in [3.05, 3.63) is 65.0 Å². The summed E-state index contributed by atoms with van der Waals surface area (Å²) in [5.74, 6) is -0.00883. The minimum Gasteiger partial charge on any atom is -0.377 e. The van der Waals surface area contributed by atoms with Crippen molar-refractivity contribution in [2.75, 3.05) is 19.8 Å². The predicted molar refractivity (Wildman–Crippen MR) is 96.6 cm³/mol. The highest BCUT2D eigenvalue weighted by Crippen LogP contribution is 2.27. The van der Waals surface area contributed by atoms with Crippen LogP contribution in [0.4, 0.5) is 0 Å². The van der Waals surface area contributed by atoms with Crippen molar-refractivity contribution in [2.45, 2.75) is 19.9 Å². The summed E-state index contributed by atoms with van der Waals surface area (Å²) in [6.07, 6.45) is 0. The van der Waals surface area contributed by atoms with Crippen molar-refractivity contribution in [1.29, 1.82) is 0 Å². The number of rotatable bonds is 2. The van der Waals surface area contributed by atoms with E-state index in [1.165, 1.54) is 5.56 Å². The van der Waals surface area contributed by atoms with Gasteiger partial charge in [-0.2, -0.15) is 0 Å². The van der Waals surface area contributed by atoms with E-state index >= 15 is 0 Å². The molecule has 1 fully saturated rings. The lowest BCUT2D eigenvalue weighted by Crippen LogP contribution is -2.43. The van der Waals surface area contributed by atoms with Crippen molar-refractivity contribution in [2.24, 2.45) is 0 Å². The summed E-state index contributed by atoms with van der Waals surface area (Å²) in [7, 11) is 0. The minimum absolute atomic E-state index is 0.00883. The lowest BCUT2D eigenvalue weighted by molar-refractivity contribution is -0.00297. The van der Waals surface area contributed by atoms with Gasteiger partial charge in [-0.15, -0.1) is 0 Å². The number of carbonyl (C=O) groups is 1. The molecule has 3 heterocycles. The van der Waals surface area contributed by atoms with E-state index in [1.54, 1.807) is 0 Å². The van der Waals surface area contributed by atoms with Gasteiger partial charge in [0.1, 0.15) is 11.3 Å². The van der Waals surface area contributed by atoms with Gasteiger partial charge >= 0.3 is 0 Å². The van der Waals surface area contributed by atoms with Crippen LogP contribution in [0, 0.1) is 13.8 Å². The Kier molecular flexibility index (Phi) is 4.01. The Morgan fingerprint density at radius 2 is 2.12 bits per heavy atom. The minimum atomic E-state index is -0.0674. The van der Waals surface area contributed by atoms with Gasteiger partial charge in [0.15, 0.2) is 0 Å². The lowest BCUT2D eigenvalue weighted by Gasteiger charge is -2.35. The number of morpholine rings is 1. The van der Waals surface area contributed by atoms with Crippen molar-refractivity contribution < 1.29 is 9.53 Å². The van der Waals surface area contributed by atoms with Gasteiger partial charge < -0.3 is 14.6 Å². The van der Waals surface area contributed by atoms with Crippen molar-refractivity contribution in [1.82, 2.24) is 14.9 Å². The fourth-order valence-corrected chi connectivity index (χ4v) is 3.37. The van der Waals surface area contributed by atoms with Gasteiger partial charge in [-0.3, -0.25) is 4.79 Å². The molecule has 1 amide bonds. The van der Waals surface area contributed by atoms with E-state index in [4.69, 9.17) is 4.74 Å². The van der Waals surface area contributed by atoms with Crippen LogP contribution in [0.25, 0.3) is 11.0 Å². The molecule has 1 atom stereocenters. The average molecular weight is 335 g/mol. The summed E-state index contributed by atoms with van der Waals surface area (Å²) in [4.78, 5) is 22.7. The lowest BCUT2D eigenvalue weighted by atomic mass is 10.0. The zero-order chi connectivity index (χ0) is 17.4. The molecule has 1 aliphatic rings. The van der Waals surface area contributed by atoms with Crippen LogP contribution in [0.5, 0.6) is 0 Å². The second-order valence-electron chi connectivity index (χ2n) is 6.58. The van der Waals surface area contributed by atoms with E-state index in [1.807, 2.05) is 36.1 Å². The quantitative estimate of drug-likeness (QED) is 0.781. The molecule has 0 aliphatic carbocycles. The standard InChI is InChI=1S/C20H21N3O2/c1-13-4-3-5-15(10-13)18-12-25-9-8-23(18)20(24)17-11-16-7-6-14(2)21-19(16)22-17/h3-7,10-11,18H,8-9,12H2,1-2H3,(H,21,22)/t18-/m1/s1. The zero-order valence-electron chi connectivity index (χ0n) is 14.5. The van der Waals surface area contributed by atoms with Crippen LogP contribution in [-0.4, -0.2) is 40.5 Å². The summed E-state index contributed by atoms with van der Waals surface area (Å²) in [5, 5.41) is 0.953. The second-order valence-corrected chi connectivity index (χ2v) is 6.58. The number of H-pyrrole nitrogens is 1. The van der Waals surface area contributed by atoms with Gasteiger partial charge in [0.25, 0.3) is 5.91 Å². The normalized spacial score (nSPS) is 17.8. The SMILES string of the molecule is Cc1cccc([C@H]2COCCN2C(=O)c2cc3ccc(C)nc3[nH]2)c1. The maximum Gasteiger partial charge on any atom is 0.271 e. The van der Waals surface area contributed by atoms with Gasteiger partial charge in [0.05, 0.1) is 19.3 Å². The van der Waals surface area contributed by atoms with Crippen LogP contribution in [0.3, 0.4) is 0 Å². The number of carbonyl (C=O) groups excluding carboxylic acids is 1. The highest BCUT2D eigenvalue weighted by molar-refractivity contribution is 5.97. The molecule has 0 saturated carbocycles. The van der Waals surface area contributed by atoms with E-state index in [0.717, 1.165) is 22.3 Å². The Bertz CT molecular complexity index is 932. The number of aromatic amines is 1. The number of nitrogens with one attached hydrogen (secondary N) is 1. The van der Waals surface area contributed by atoms with Gasteiger partial charge in [0.2, 0.25) is 0 Å². The molecule has 25 heavy (non-hydrogen) atoms. The fourth-order valence-electron chi connectivity index (χ4n) is 3.37. The Morgan fingerprint density at radius 3 is 2.96 bits per heavy atom. The molecular formula is C20H21N3O2. The molecule has 0 unspecified atom stereocenters. The van der Waals surface area contributed by atoms with E-state index in [2.05, 4.69) is 35.1 Å². The predicted octanol–water partition coefficient (Wildman–Crippen LogP) is 3.39. The van der Waals surface area contributed by atoms with Crippen LogP contribution in [0.15, 0.2) is 42.5 Å². The number of hydrogen-bond acceptors (Lipinski definition) is 3. The molecule has 1 aliphatic heterocycles. The fraction of sp³-hybridized carbons (Fsp3) is 0.300. The van der Waals surface area contributed by atoms with Gasteiger partial charge in [0, 0.05) is 17.6 Å². The van der Waals surface area contributed by atoms with Crippen molar-refractivity contribution in [3.63, 3.8) is 0 Å². The first-order valence-electron chi connectivity index (χ1n) is 8.53. The molecule has 1 saturated heterocycles. The highest BCUT2D eigenvalue weighted by Gasteiger charge is 2.30. The summed E-state index contributed by atoms with van der Waals surface area (Å²) in [5.41, 5.74) is 4.55. The molecule has 1 aromatic carbocycles. The molecule has 2 aromatic heterocycles. The number of nitrogens with zero attached hydrogens (tertiary/aromatic N) is 2. The number of fused-ring (bicyclic) bond motifs is 1. The highest BCUT2D eigenvalue weighted by atomic mass is 16.5. The van der Waals surface area contributed by atoms with Gasteiger partial charge in [-0.1, -0.05) is 29.8 Å². The largest absolute Gasteiger partial charge is 0.377 e. The molecule has 5 nitrogen and oxygen atoms in total. The first-order chi connectivity index (χ1) is 12.1. The second kappa shape index (κ2) is 6.33. The summed E-state index contributed by atoms with van der Waals surface area (Å²) < 4.78 is 5.65. The monoisotopic (exact) mass is 335 g/mol. The first-order valence-corrected chi connectivity index (χ1v) is 8.53. The maximum atomic E-state index is 13.1. The molecular weight excluding hydrogens is 314 g/mol. The Balaban J connectivity index is 1.68. The molecule has 1 N–H and O–H groups in total. The topological polar surface area (TPSA) is 58.2 Å². The molecule has 128 valence electrons. The Morgan fingerprint density at radius 1 is 1.24 bits per heavy atom. The molecule has 5 heteroatoms. The third kappa shape index (κ3) is 3.03. The zero-order valence-corrected chi connectivity index (χ0v) is 14.5. The smallest absolute Gasteiger partial charge is 0.271 e. The third-order valence-corrected chi connectivity index (χ3v) is 4.67. The van der Waals surface area contributed by atoms with E-state index in [0.29, 0.717) is 25.5 Å². The summed E-state index contributed by atoms with van der Waals surface area (Å²) >= 11 is 0. The Hall–Kier alpha value is -2.66. The van der Waals surface area contributed by atoms with Crippen LogP contribution in [-0.2, 0) is 4.74 Å².